The third kappa shape index (κ3) is 7.45. The Labute approximate surface area is 138 Å². The maximum atomic E-state index is 12.2. The molecule has 0 aliphatic heterocycles. The van der Waals surface area contributed by atoms with Gasteiger partial charge in [0.2, 0.25) is 11.8 Å². The van der Waals surface area contributed by atoms with Crippen molar-refractivity contribution in [2.45, 2.75) is 38.9 Å². The van der Waals surface area contributed by atoms with Crippen LogP contribution >= 0.6 is 0 Å². The second-order valence-corrected chi connectivity index (χ2v) is 5.85. The minimum absolute atomic E-state index is 0.0571. The number of rotatable bonds is 7. The molecule has 0 radical (unpaired) electrons. The molecule has 1 aromatic rings. The zero-order valence-electron chi connectivity index (χ0n) is 13.6. The van der Waals surface area contributed by atoms with Crippen LogP contribution in [0, 0.1) is 5.92 Å². The van der Waals surface area contributed by atoms with Crippen LogP contribution < -0.4 is 16.4 Å². The lowest BCUT2D eigenvalue weighted by molar-refractivity contribution is -0.134. The van der Waals surface area contributed by atoms with Gasteiger partial charge in [-0.05, 0) is 30.0 Å². The number of aryl methyl sites for hydroxylation is 1. The van der Waals surface area contributed by atoms with Crippen LogP contribution in [0.3, 0.4) is 0 Å². The number of carbonyl (C=O) groups excluding carboxylic acids is 2. The third-order valence-electron chi connectivity index (χ3n) is 3.35. The monoisotopic (exact) mass is 345 g/mol. The van der Waals surface area contributed by atoms with Crippen LogP contribution in [-0.2, 0) is 16.0 Å². The summed E-state index contributed by atoms with van der Waals surface area (Å²) in [6, 6.07) is 5.46. The Morgan fingerprint density at radius 2 is 1.92 bits per heavy atom. The lowest BCUT2D eigenvalue weighted by atomic mass is 10.1. The molecule has 1 aromatic carbocycles. The number of alkyl halides is 3. The zero-order chi connectivity index (χ0) is 18.3. The summed E-state index contributed by atoms with van der Waals surface area (Å²) in [5, 5.41) is 4.95. The second kappa shape index (κ2) is 8.68. The summed E-state index contributed by atoms with van der Waals surface area (Å²) >= 11 is 0. The molecule has 4 N–H and O–H groups in total. The van der Waals surface area contributed by atoms with Crippen molar-refractivity contribution in [3.8, 4) is 0 Å². The molecule has 0 unspecified atom stereocenters. The van der Waals surface area contributed by atoms with E-state index in [1.807, 2.05) is 0 Å². The van der Waals surface area contributed by atoms with E-state index in [0.29, 0.717) is 11.3 Å². The van der Waals surface area contributed by atoms with E-state index in [2.05, 4.69) is 10.6 Å². The summed E-state index contributed by atoms with van der Waals surface area (Å²) in [6.07, 6.45) is -5.31. The quantitative estimate of drug-likeness (QED) is 0.708. The first-order valence-corrected chi connectivity index (χ1v) is 7.57. The van der Waals surface area contributed by atoms with Crippen molar-refractivity contribution in [1.82, 2.24) is 5.32 Å². The summed E-state index contributed by atoms with van der Waals surface area (Å²) in [5.41, 5.74) is 6.50. The smallest absolute Gasteiger partial charge is 0.346 e. The maximum absolute atomic E-state index is 12.2. The van der Waals surface area contributed by atoms with Crippen molar-refractivity contribution in [3.63, 3.8) is 0 Å². The second-order valence-electron chi connectivity index (χ2n) is 5.85. The average Bonchev–Trinajstić information content (AvgIpc) is 2.49. The van der Waals surface area contributed by atoms with Gasteiger partial charge < -0.3 is 16.4 Å². The molecule has 0 spiro atoms. The molecule has 0 heterocycles. The van der Waals surface area contributed by atoms with Gasteiger partial charge in [-0.1, -0.05) is 26.0 Å². The fourth-order valence-electron chi connectivity index (χ4n) is 1.88. The van der Waals surface area contributed by atoms with Gasteiger partial charge in [0.1, 0.15) is 0 Å². The number of anilines is 1. The molecule has 0 bridgehead atoms. The number of nitrogens with one attached hydrogen (secondary N) is 2. The van der Waals surface area contributed by atoms with E-state index in [0.717, 1.165) is 0 Å². The molecule has 2 amide bonds. The first kappa shape index (κ1) is 20.0. The van der Waals surface area contributed by atoms with Crippen molar-refractivity contribution in [3.05, 3.63) is 29.8 Å². The minimum atomic E-state index is -4.22. The predicted molar refractivity (Wildman–Crippen MR) is 85.3 cm³/mol. The Morgan fingerprint density at radius 3 is 2.50 bits per heavy atom. The number of benzene rings is 1. The van der Waals surface area contributed by atoms with E-state index in [1.54, 1.807) is 32.0 Å². The lowest BCUT2D eigenvalue weighted by Gasteiger charge is -2.15. The van der Waals surface area contributed by atoms with Gasteiger partial charge in [0.05, 0.1) is 12.6 Å². The van der Waals surface area contributed by atoms with Crippen molar-refractivity contribution in [1.29, 1.82) is 0 Å². The Bertz CT molecular complexity index is 574. The number of carbonyl (C=O) groups is 2. The first-order valence-electron chi connectivity index (χ1n) is 7.57. The van der Waals surface area contributed by atoms with Crippen LogP contribution in [0.2, 0.25) is 0 Å². The van der Waals surface area contributed by atoms with Crippen molar-refractivity contribution in [2.75, 3.05) is 11.9 Å². The van der Waals surface area contributed by atoms with Crippen LogP contribution in [0.25, 0.3) is 0 Å². The van der Waals surface area contributed by atoms with Crippen LogP contribution in [0.5, 0.6) is 0 Å². The highest BCUT2D eigenvalue weighted by Gasteiger charge is 2.26. The summed E-state index contributed by atoms with van der Waals surface area (Å²) in [4.78, 5) is 23.4. The molecule has 0 aliphatic carbocycles. The normalized spacial score (nSPS) is 12.8. The van der Waals surface area contributed by atoms with Crippen LogP contribution in [-0.4, -0.2) is 30.6 Å². The van der Waals surface area contributed by atoms with Gasteiger partial charge in [0.15, 0.2) is 0 Å². The van der Waals surface area contributed by atoms with E-state index in [9.17, 15) is 22.8 Å². The van der Waals surface area contributed by atoms with E-state index >= 15 is 0 Å². The van der Waals surface area contributed by atoms with E-state index in [1.165, 1.54) is 6.07 Å². The van der Waals surface area contributed by atoms with Crippen LogP contribution in [0.15, 0.2) is 24.3 Å². The SMILES string of the molecule is CC(C)[C@H](N)C(=O)NCC(=O)Nc1cccc(CCC(F)(F)F)c1. The Balaban J connectivity index is 2.51. The zero-order valence-corrected chi connectivity index (χ0v) is 13.6. The summed E-state index contributed by atoms with van der Waals surface area (Å²) in [7, 11) is 0. The van der Waals surface area contributed by atoms with Gasteiger partial charge in [0.25, 0.3) is 0 Å². The van der Waals surface area contributed by atoms with Crippen molar-refractivity contribution < 1.29 is 22.8 Å². The van der Waals surface area contributed by atoms with Crippen LogP contribution in [0.1, 0.15) is 25.8 Å². The standard InChI is InChI=1S/C16H22F3N3O2/c1-10(2)14(20)15(24)21-9-13(23)22-12-5-3-4-11(8-12)6-7-16(17,18)19/h3-5,8,10,14H,6-7,9,20H2,1-2H3,(H,21,24)(H,22,23)/t14-/m0/s1. The topological polar surface area (TPSA) is 84.2 Å². The molecule has 0 saturated heterocycles. The largest absolute Gasteiger partial charge is 0.389 e. The number of nitrogens with two attached hydrogens (primary N) is 1. The molecule has 5 nitrogen and oxygen atoms in total. The molecule has 0 aliphatic rings. The van der Waals surface area contributed by atoms with E-state index in [-0.39, 0.29) is 18.9 Å². The average molecular weight is 345 g/mol. The molecule has 1 atom stereocenters. The molecule has 134 valence electrons. The third-order valence-corrected chi connectivity index (χ3v) is 3.35. The molecular formula is C16H22F3N3O2. The van der Waals surface area contributed by atoms with Gasteiger partial charge in [-0.15, -0.1) is 0 Å². The molecule has 0 aromatic heterocycles. The lowest BCUT2D eigenvalue weighted by Crippen LogP contribution is -2.46. The van der Waals surface area contributed by atoms with Gasteiger partial charge in [-0.3, -0.25) is 9.59 Å². The number of halogens is 3. The summed E-state index contributed by atoms with van der Waals surface area (Å²) in [6.45, 7) is 3.32. The highest BCUT2D eigenvalue weighted by molar-refractivity contribution is 5.95. The molecule has 0 fully saturated rings. The predicted octanol–water partition coefficient (Wildman–Crippen LogP) is 2.22. The minimum Gasteiger partial charge on any atom is -0.346 e. The highest BCUT2D eigenvalue weighted by atomic mass is 19.4. The van der Waals surface area contributed by atoms with Crippen molar-refractivity contribution in [2.24, 2.45) is 11.7 Å². The number of amides is 2. The van der Waals surface area contributed by atoms with Gasteiger partial charge in [-0.2, -0.15) is 13.2 Å². The Hall–Kier alpha value is -2.09. The number of hydrogen-bond donors (Lipinski definition) is 3. The van der Waals surface area contributed by atoms with E-state index in [4.69, 9.17) is 5.73 Å². The molecule has 8 heteroatoms. The number of hydrogen-bond acceptors (Lipinski definition) is 3. The Morgan fingerprint density at radius 1 is 1.25 bits per heavy atom. The fourth-order valence-corrected chi connectivity index (χ4v) is 1.88. The van der Waals surface area contributed by atoms with Gasteiger partial charge >= 0.3 is 6.18 Å². The van der Waals surface area contributed by atoms with Gasteiger partial charge in [-0.25, -0.2) is 0 Å². The molecule has 0 saturated carbocycles. The summed E-state index contributed by atoms with van der Waals surface area (Å²) in [5.74, 6) is -0.968. The Kier molecular flexibility index (Phi) is 7.21. The van der Waals surface area contributed by atoms with Gasteiger partial charge in [0, 0.05) is 12.1 Å². The van der Waals surface area contributed by atoms with Crippen LogP contribution in [0.4, 0.5) is 18.9 Å². The van der Waals surface area contributed by atoms with Crippen molar-refractivity contribution >= 4 is 17.5 Å². The molecular weight excluding hydrogens is 323 g/mol. The molecule has 1 rings (SSSR count). The molecule has 24 heavy (non-hydrogen) atoms. The fraction of sp³-hybridized carbons (Fsp3) is 0.500. The van der Waals surface area contributed by atoms with E-state index < -0.39 is 30.5 Å². The summed E-state index contributed by atoms with van der Waals surface area (Å²) < 4.78 is 36.7. The maximum Gasteiger partial charge on any atom is 0.389 e. The highest BCUT2D eigenvalue weighted by Crippen LogP contribution is 2.23. The first-order chi connectivity index (χ1) is 11.1.